The molecule has 1 saturated heterocycles. The fraction of sp³-hybridized carbons (Fsp3) is 0.471. The zero-order chi connectivity index (χ0) is 17.1. The molecule has 1 aliphatic rings. The Morgan fingerprint density at radius 3 is 2.67 bits per heavy atom. The van der Waals surface area contributed by atoms with Gasteiger partial charge in [0.15, 0.2) is 0 Å². The second-order valence-corrected chi connectivity index (χ2v) is 6.26. The van der Waals surface area contributed by atoms with E-state index in [-0.39, 0.29) is 5.91 Å². The van der Waals surface area contributed by atoms with E-state index in [4.69, 9.17) is 0 Å². The minimum atomic E-state index is -0.0986. The molecule has 0 aliphatic carbocycles. The van der Waals surface area contributed by atoms with Gasteiger partial charge in [0.25, 0.3) is 5.91 Å². The largest absolute Gasteiger partial charge is 0.354 e. The highest BCUT2D eigenvalue weighted by molar-refractivity contribution is 5.94. The lowest BCUT2D eigenvalue weighted by Gasteiger charge is -2.33. The Balaban J connectivity index is 1.62. The third-order valence-corrected chi connectivity index (χ3v) is 4.57. The van der Waals surface area contributed by atoms with Gasteiger partial charge in [0.05, 0.1) is 11.8 Å². The van der Waals surface area contributed by atoms with Gasteiger partial charge in [-0.3, -0.25) is 9.48 Å². The van der Waals surface area contributed by atoms with E-state index in [1.807, 2.05) is 26.2 Å². The summed E-state index contributed by atoms with van der Waals surface area (Å²) in [7, 11) is 3.97. The van der Waals surface area contributed by atoms with Gasteiger partial charge in [-0.2, -0.15) is 5.10 Å². The van der Waals surface area contributed by atoms with Gasteiger partial charge in [-0.1, -0.05) is 0 Å². The molecular formula is C17H24N6O. The molecule has 2 aromatic heterocycles. The van der Waals surface area contributed by atoms with Gasteiger partial charge in [0.1, 0.15) is 5.82 Å². The van der Waals surface area contributed by atoms with Crippen molar-refractivity contribution in [3.8, 4) is 0 Å². The Bertz CT molecular complexity index is 718. The molecule has 0 unspecified atom stereocenters. The fourth-order valence-electron chi connectivity index (χ4n) is 2.78. The van der Waals surface area contributed by atoms with Crippen molar-refractivity contribution in [1.82, 2.24) is 25.0 Å². The Morgan fingerprint density at radius 1 is 1.25 bits per heavy atom. The summed E-state index contributed by atoms with van der Waals surface area (Å²) in [4.78, 5) is 21.4. The lowest BCUT2D eigenvalue weighted by atomic mass is 10.2. The highest BCUT2D eigenvalue weighted by Gasteiger charge is 2.16. The Labute approximate surface area is 142 Å². The highest BCUT2D eigenvalue weighted by Crippen LogP contribution is 2.15. The van der Waals surface area contributed by atoms with Crippen LogP contribution in [0.5, 0.6) is 0 Å². The molecule has 0 radical (unpaired) electrons. The molecule has 3 rings (SSSR count). The number of anilines is 1. The zero-order valence-electron chi connectivity index (χ0n) is 14.5. The molecule has 7 heteroatoms. The van der Waals surface area contributed by atoms with E-state index in [0.717, 1.165) is 43.3 Å². The molecule has 0 saturated carbocycles. The van der Waals surface area contributed by atoms with Gasteiger partial charge in [0, 0.05) is 51.7 Å². The number of rotatable bonds is 4. The Morgan fingerprint density at radius 2 is 2.00 bits per heavy atom. The first kappa shape index (κ1) is 16.4. The second kappa shape index (κ2) is 7.00. The average molecular weight is 328 g/mol. The molecule has 128 valence electrons. The minimum absolute atomic E-state index is 0.0986. The summed E-state index contributed by atoms with van der Waals surface area (Å²) >= 11 is 0. The van der Waals surface area contributed by atoms with Crippen LogP contribution in [0.25, 0.3) is 0 Å². The predicted molar refractivity (Wildman–Crippen MR) is 93.1 cm³/mol. The number of aryl methyl sites for hydroxylation is 1. The maximum atomic E-state index is 12.3. The molecule has 0 aromatic carbocycles. The van der Waals surface area contributed by atoms with Crippen molar-refractivity contribution < 1.29 is 4.79 Å². The highest BCUT2D eigenvalue weighted by atomic mass is 16.1. The Hall–Kier alpha value is -2.41. The molecule has 0 bridgehead atoms. The number of pyridine rings is 1. The topological polar surface area (TPSA) is 66.3 Å². The van der Waals surface area contributed by atoms with E-state index in [9.17, 15) is 4.79 Å². The van der Waals surface area contributed by atoms with Gasteiger partial charge >= 0.3 is 0 Å². The van der Waals surface area contributed by atoms with Crippen LogP contribution in [0.1, 0.15) is 21.6 Å². The van der Waals surface area contributed by atoms with Crippen LogP contribution < -0.4 is 10.2 Å². The lowest BCUT2D eigenvalue weighted by Crippen LogP contribution is -2.44. The second-order valence-electron chi connectivity index (χ2n) is 6.26. The summed E-state index contributed by atoms with van der Waals surface area (Å²) in [6.07, 6.45) is 3.41. The summed E-state index contributed by atoms with van der Waals surface area (Å²) in [6.45, 7) is 6.42. The SMILES string of the molecule is Cc1c(C(=O)NCc2ccnc(N3CCN(C)CC3)c2)cnn1C. The molecule has 1 aliphatic heterocycles. The van der Waals surface area contributed by atoms with Crippen LogP contribution in [0.15, 0.2) is 24.5 Å². The van der Waals surface area contributed by atoms with Crippen molar-refractivity contribution in [2.75, 3.05) is 38.1 Å². The quantitative estimate of drug-likeness (QED) is 0.899. The van der Waals surface area contributed by atoms with Gasteiger partial charge in [-0.05, 0) is 31.7 Å². The zero-order valence-corrected chi connectivity index (χ0v) is 14.5. The first-order valence-electron chi connectivity index (χ1n) is 8.20. The van der Waals surface area contributed by atoms with Crippen LogP contribution in [-0.2, 0) is 13.6 Å². The number of likely N-dealkylation sites (N-methyl/N-ethyl adjacent to an activating group) is 1. The molecule has 3 heterocycles. The van der Waals surface area contributed by atoms with E-state index in [1.54, 1.807) is 10.9 Å². The Kier molecular flexibility index (Phi) is 4.80. The summed E-state index contributed by atoms with van der Waals surface area (Å²) in [5.41, 5.74) is 2.53. The molecule has 24 heavy (non-hydrogen) atoms. The number of aromatic nitrogens is 3. The summed E-state index contributed by atoms with van der Waals surface area (Å²) in [6, 6.07) is 4.00. The van der Waals surface area contributed by atoms with Crippen molar-refractivity contribution in [2.24, 2.45) is 7.05 Å². The number of carbonyl (C=O) groups excluding carboxylic acids is 1. The first-order chi connectivity index (χ1) is 11.5. The van der Waals surface area contributed by atoms with E-state index in [2.05, 4.69) is 38.3 Å². The lowest BCUT2D eigenvalue weighted by molar-refractivity contribution is 0.0950. The first-order valence-corrected chi connectivity index (χ1v) is 8.20. The molecule has 0 atom stereocenters. The van der Waals surface area contributed by atoms with Gasteiger partial charge in [-0.15, -0.1) is 0 Å². The van der Waals surface area contributed by atoms with Crippen LogP contribution in [0.3, 0.4) is 0 Å². The number of carbonyl (C=O) groups is 1. The van der Waals surface area contributed by atoms with Crippen LogP contribution in [0, 0.1) is 6.92 Å². The number of hydrogen-bond acceptors (Lipinski definition) is 5. The summed E-state index contributed by atoms with van der Waals surface area (Å²) < 4.78 is 1.70. The van der Waals surface area contributed by atoms with E-state index < -0.39 is 0 Å². The number of nitrogens with one attached hydrogen (secondary N) is 1. The third-order valence-electron chi connectivity index (χ3n) is 4.57. The summed E-state index contributed by atoms with van der Waals surface area (Å²) in [5.74, 6) is 0.881. The number of hydrogen-bond donors (Lipinski definition) is 1. The smallest absolute Gasteiger partial charge is 0.255 e. The minimum Gasteiger partial charge on any atom is -0.354 e. The normalized spacial score (nSPS) is 15.5. The van der Waals surface area contributed by atoms with Crippen molar-refractivity contribution >= 4 is 11.7 Å². The van der Waals surface area contributed by atoms with E-state index >= 15 is 0 Å². The molecule has 0 spiro atoms. The molecule has 1 N–H and O–H groups in total. The van der Waals surface area contributed by atoms with Crippen LogP contribution in [0.4, 0.5) is 5.82 Å². The van der Waals surface area contributed by atoms with Crippen molar-refractivity contribution in [2.45, 2.75) is 13.5 Å². The average Bonchev–Trinajstić information content (AvgIpc) is 2.93. The van der Waals surface area contributed by atoms with E-state index in [0.29, 0.717) is 12.1 Å². The summed E-state index contributed by atoms with van der Waals surface area (Å²) in [5, 5.41) is 7.07. The molecular weight excluding hydrogens is 304 g/mol. The van der Waals surface area contributed by atoms with Crippen LogP contribution in [0.2, 0.25) is 0 Å². The number of amides is 1. The maximum Gasteiger partial charge on any atom is 0.255 e. The number of piperazine rings is 1. The molecule has 7 nitrogen and oxygen atoms in total. The molecule has 2 aromatic rings. The van der Waals surface area contributed by atoms with E-state index in [1.165, 1.54) is 0 Å². The monoisotopic (exact) mass is 328 g/mol. The maximum absolute atomic E-state index is 12.3. The fourth-order valence-corrected chi connectivity index (χ4v) is 2.78. The number of nitrogens with zero attached hydrogens (tertiary/aromatic N) is 5. The standard InChI is InChI=1S/C17H24N6O/c1-13-15(12-20-22(13)3)17(24)19-11-14-4-5-18-16(10-14)23-8-6-21(2)7-9-23/h4-5,10,12H,6-9,11H2,1-3H3,(H,19,24). The van der Waals surface area contributed by atoms with Crippen molar-refractivity contribution in [3.63, 3.8) is 0 Å². The van der Waals surface area contributed by atoms with Gasteiger partial charge in [-0.25, -0.2) is 4.98 Å². The van der Waals surface area contributed by atoms with Gasteiger partial charge < -0.3 is 15.1 Å². The van der Waals surface area contributed by atoms with Crippen LogP contribution in [-0.4, -0.2) is 58.8 Å². The van der Waals surface area contributed by atoms with Crippen molar-refractivity contribution in [3.05, 3.63) is 41.3 Å². The predicted octanol–water partition coefficient (Wildman–Crippen LogP) is 0.805. The van der Waals surface area contributed by atoms with Crippen molar-refractivity contribution in [1.29, 1.82) is 0 Å². The van der Waals surface area contributed by atoms with Crippen LogP contribution >= 0.6 is 0 Å². The van der Waals surface area contributed by atoms with Gasteiger partial charge in [0.2, 0.25) is 0 Å². The molecule has 1 amide bonds. The third kappa shape index (κ3) is 3.56. The molecule has 1 fully saturated rings.